The van der Waals surface area contributed by atoms with Crippen LogP contribution < -0.4 is 24.6 Å². The first-order valence-electron chi connectivity index (χ1n) is 21.4. The summed E-state index contributed by atoms with van der Waals surface area (Å²) < 4.78 is 12.9. The first-order valence-corrected chi connectivity index (χ1v) is 24.5. The van der Waals surface area contributed by atoms with Gasteiger partial charge in [0.05, 0.1) is 52.6 Å². The molecule has 4 aromatic carbocycles. The summed E-state index contributed by atoms with van der Waals surface area (Å²) in [5, 5.41) is 11.7. The predicted molar refractivity (Wildman–Crippen MR) is 233 cm³/mol. The number of rotatable bonds is 10. The molecule has 3 fully saturated rings. The van der Waals surface area contributed by atoms with E-state index in [2.05, 4.69) is 38.2 Å². The van der Waals surface area contributed by atoms with Crippen LogP contribution in [0.15, 0.2) is 91.0 Å². The van der Waals surface area contributed by atoms with Crippen molar-refractivity contribution in [1.82, 2.24) is 4.90 Å². The van der Waals surface area contributed by atoms with Gasteiger partial charge in [-0.15, -0.1) is 0 Å². The van der Waals surface area contributed by atoms with E-state index in [0.29, 0.717) is 50.1 Å². The van der Waals surface area contributed by atoms with Crippen molar-refractivity contribution in [2.75, 3.05) is 41.5 Å². The number of nitrogens with zero attached hydrogens (tertiary/aromatic N) is 4. The van der Waals surface area contributed by atoms with Gasteiger partial charge in [0.1, 0.15) is 5.75 Å². The molecule has 5 aliphatic heterocycles. The van der Waals surface area contributed by atoms with E-state index in [4.69, 9.17) is 9.47 Å². The Labute approximate surface area is 352 Å². The van der Waals surface area contributed by atoms with E-state index in [0.717, 1.165) is 51.8 Å². The summed E-state index contributed by atoms with van der Waals surface area (Å²) in [4.78, 5) is 63.5. The number of aliphatic hydroxyl groups is 1. The Balaban J connectivity index is 1.14. The molecule has 12 heteroatoms. The Morgan fingerprint density at radius 3 is 2.20 bits per heavy atom. The van der Waals surface area contributed by atoms with Crippen LogP contribution in [0.2, 0.25) is 18.6 Å². The van der Waals surface area contributed by atoms with Gasteiger partial charge in [0.15, 0.2) is 5.60 Å². The average molecular weight is 827 g/mol. The normalized spacial score (nSPS) is 25.1. The fourth-order valence-corrected chi connectivity index (χ4v) is 15.0. The predicted octanol–water partition coefficient (Wildman–Crippen LogP) is 6.05. The molecule has 0 aromatic heterocycles. The van der Waals surface area contributed by atoms with Gasteiger partial charge in [-0.2, -0.15) is 0 Å². The molecular formula is C48H54N4O7Si. The van der Waals surface area contributed by atoms with Crippen LogP contribution in [0.3, 0.4) is 0 Å². The molecule has 11 nitrogen and oxygen atoms in total. The van der Waals surface area contributed by atoms with Crippen LogP contribution in [0.5, 0.6) is 5.75 Å². The minimum Gasteiger partial charge on any atom is -0.497 e. The van der Waals surface area contributed by atoms with Crippen molar-refractivity contribution in [3.8, 4) is 5.75 Å². The largest absolute Gasteiger partial charge is 0.497 e. The standard InChI is InChI=1S/C48H54N4O7Si/c1-31-46(60(3,4)39-19-17-38(58-2)18-20-39)42(27-45(56)51-29-34-12-6-5-11-33(34)25-37(51)30-53)59-48(31)40-26-36(50-23-9-15-44(50)55)16-21-41(40)52(47(48)57)28-32-10-7-13-35(24-32)49-22-8-14-43(49)54/h5-7,10-13,16-21,24,26,31,37,42,46,53H,8-9,14-15,22-23,25,27-30H2,1-4H3/t31-,37+,42+,46-,48+/m1/s1. The van der Waals surface area contributed by atoms with E-state index in [-0.39, 0.29) is 60.7 Å². The van der Waals surface area contributed by atoms with E-state index in [1.807, 2.05) is 77.7 Å². The molecule has 312 valence electrons. The van der Waals surface area contributed by atoms with Crippen LogP contribution in [0.25, 0.3) is 0 Å². The molecule has 0 aliphatic carbocycles. The Morgan fingerprint density at radius 2 is 1.55 bits per heavy atom. The molecule has 5 atom stereocenters. The number of benzene rings is 4. The zero-order valence-electron chi connectivity index (χ0n) is 34.9. The van der Waals surface area contributed by atoms with Gasteiger partial charge in [-0.3, -0.25) is 19.2 Å². The molecule has 9 rings (SSSR count). The van der Waals surface area contributed by atoms with Crippen molar-refractivity contribution in [2.45, 2.75) is 94.9 Å². The maximum atomic E-state index is 15.7. The topological polar surface area (TPSA) is 120 Å². The van der Waals surface area contributed by atoms with Gasteiger partial charge >= 0.3 is 0 Å². The molecule has 3 saturated heterocycles. The third-order valence-electron chi connectivity index (χ3n) is 14.1. The Bertz CT molecular complexity index is 2350. The molecule has 4 aromatic rings. The van der Waals surface area contributed by atoms with E-state index in [9.17, 15) is 19.5 Å². The Hall–Kier alpha value is -5.30. The lowest BCUT2D eigenvalue weighted by Gasteiger charge is -2.39. The average Bonchev–Trinajstić information content (AvgIpc) is 4.02. The number of carbonyl (C=O) groups is 4. The molecule has 0 radical (unpaired) electrons. The van der Waals surface area contributed by atoms with Crippen LogP contribution in [0.1, 0.15) is 61.3 Å². The van der Waals surface area contributed by atoms with E-state index in [1.54, 1.807) is 21.8 Å². The van der Waals surface area contributed by atoms with Gasteiger partial charge in [0.2, 0.25) is 17.7 Å². The zero-order chi connectivity index (χ0) is 41.9. The zero-order valence-corrected chi connectivity index (χ0v) is 35.9. The number of ether oxygens (including phenoxy) is 2. The molecule has 4 amide bonds. The lowest BCUT2D eigenvalue weighted by molar-refractivity contribution is -0.151. The minimum absolute atomic E-state index is 0.0425. The van der Waals surface area contributed by atoms with Crippen LogP contribution in [0.4, 0.5) is 17.1 Å². The van der Waals surface area contributed by atoms with Gasteiger partial charge in [-0.25, -0.2) is 0 Å². The minimum atomic E-state index is -2.60. The molecule has 0 bridgehead atoms. The first-order chi connectivity index (χ1) is 28.9. The highest BCUT2D eigenvalue weighted by Crippen LogP contribution is 2.61. The van der Waals surface area contributed by atoms with Gasteiger partial charge in [0.25, 0.3) is 5.91 Å². The van der Waals surface area contributed by atoms with Crippen molar-refractivity contribution >= 4 is 54.0 Å². The lowest BCUT2D eigenvalue weighted by atomic mass is 9.82. The van der Waals surface area contributed by atoms with E-state index >= 15 is 4.79 Å². The third-order valence-corrected chi connectivity index (χ3v) is 18.5. The van der Waals surface area contributed by atoms with E-state index < -0.39 is 19.8 Å². The van der Waals surface area contributed by atoms with Crippen molar-refractivity contribution in [3.05, 3.63) is 113 Å². The van der Waals surface area contributed by atoms with Gasteiger partial charge in [-0.05, 0) is 84.0 Å². The molecule has 0 unspecified atom stereocenters. The van der Waals surface area contributed by atoms with Crippen molar-refractivity contribution in [2.24, 2.45) is 5.92 Å². The number of methoxy groups -OCH3 is 1. The maximum absolute atomic E-state index is 15.7. The smallest absolute Gasteiger partial charge is 0.264 e. The van der Waals surface area contributed by atoms with Crippen LogP contribution in [-0.4, -0.2) is 80.7 Å². The van der Waals surface area contributed by atoms with Crippen LogP contribution in [-0.2, 0) is 49.0 Å². The van der Waals surface area contributed by atoms with Crippen LogP contribution >= 0.6 is 0 Å². The molecule has 5 aliphatic rings. The Kier molecular flexibility index (Phi) is 10.4. The molecule has 0 saturated carbocycles. The van der Waals surface area contributed by atoms with Crippen molar-refractivity contribution in [3.63, 3.8) is 0 Å². The lowest BCUT2D eigenvalue weighted by Crippen LogP contribution is -2.52. The summed E-state index contributed by atoms with van der Waals surface area (Å²) in [6.45, 7) is 8.45. The molecule has 60 heavy (non-hydrogen) atoms. The number of carbonyl (C=O) groups excluding carboxylic acids is 4. The summed E-state index contributed by atoms with van der Waals surface area (Å²) >= 11 is 0. The summed E-state index contributed by atoms with van der Waals surface area (Å²) in [7, 11) is -0.952. The molecular weight excluding hydrogens is 773 g/mol. The van der Waals surface area contributed by atoms with E-state index in [1.165, 1.54) is 0 Å². The highest BCUT2D eigenvalue weighted by Gasteiger charge is 2.66. The fraction of sp³-hybridized carbons (Fsp3) is 0.417. The van der Waals surface area contributed by atoms with Crippen molar-refractivity contribution in [1.29, 1.82) is 0 Å². The molecule has 1 N–H and O–H groups in total. The molecule has 5 heterocycles. The van der Waals surface area contributed by atoms with Gasteiger partial charge in [0, 0.05) is 55.3 Å². The summed E-state index contributed by atoms with van der Waals surface area (Å²) in [6.07, 6.45) is 2.54. The number of aliphatic hydroxyl groups excluding tert-OH is 1. The summed E-state index contributed by atoms with van der Waals surface area (Å²) in [5.74, 6) is 0.214. The number of anilines is 3. The monoisotopic (exact) mass is 826 g/mol. The SMILES string of the molecule is COc1ccc([Si](C)(C)[C@H]2[C@H](CC(=O)N3Cc4ccccc4C[C@H]3CO)O[C@@]3(C(=O)N(Cc4cccc(N5CCCC5=O)c4)c4ccc(N5CCCC5=O)cc43)[C@@H]2C)cc1. The second-order valence-electron chi connectivity index (χ2n) is 17.8. The first kappa shape index (κ1) is 40.1. The molecule has 1 spiro atoms. The number of amides is 4. The van der Waals surface area contributed by atoms with Crippen LogP contribution in [0, 0.1) is 5.92 Å². The van der Waals surface area contributed by atoms with Crippen molar-refractivity contribution < 1.29 is 33.8 Å². The second kappa shape index (κ2) is 15.6. The van der Waals surface area contributed by atoms with Gasteiger partial charge < -0.3 is 34.2 Å². The number of fused-ring (bicyclic) bond motifs is 3. The summed E-state index contributed by atoms with van der Waals surface area (Å²) in [5.41, 5.74) is 4.41. The summed E-state index contributed by atoms with van der Waals surface area (Å²) in [6, 6.07) is 29.6. The fourth-order valence-electron chi connectivity index (χ4n) is 11.0. The number of hydrogen-bond donors (Lipinski definition) is 1. The van der Waals surface area contributed by atoms with Gasteiger partial charge in [-0.1, -0.05) is 73.7 Å². The maximum Gasteiger partial charge on any atom is 0.264 e. The Morgan fingerprint density at radius 1 is 0.867 bits per heavy atom. The third kappa shape index (κ3) is 6.63. The highest BCUT2D eigenvalue weighted by atomic mass is 28.3. The number of hydrogen-bond acceptors (Lipinski definition) is 7. The second-order valence-corrected chi connectivity index (χ2v) is 22.4. The highest BCUT2D eigenvalue weighted by molar-refractivity contribution is 6.91. The quantitative estimate of drug-likeness (QED) is 0.194.